The molecule has 4 N–H and O–H groups in total. The minimum atomic E-state index is 0.520. The van der Waals surface area contributed by atoms with Gasteiger partial charge in [0.15, 0.2) is 0 Å². The smallest absolute Gasteiger partial charge is 0.00390 e. The third-order valence-corrected chi connectivity index (χ3v) is 3.37. The maximum absolute atomic E-state index is 5.70. The predicted octanol–water partition coefficient (Wildman–Crippen LogP) is 3.44. The van der Waals surface area contributed by atoms with Gasteiger partial charge in [-0.25, -0.2) is 0 Å². The third-order valence-electron chi connectivity index (χ3n) is 3.37. The molecule has 0 saturated heterocycles. The van der Waals surface area contributed by atoms with Gasteiger partial charge in [0.05, 0.1) is 0 Å². The van der Waals surface area contributed by atoms with Crippen molar-refractivity contribution in [3.63, 3.8) is 0 Å². The highest BCUT2D eigenvalue weighted by Crippen LogP contribution is 2.21. The van der Waals surface area contributed by atoms with Crippen LogP contribution in [0.3, 0.4) is 0 Å². The van der Waals surface area contributed by atoms with E-state index < -0.39 is 0 Å². The van der Waals surface area contributed by atoms with Gasteiger partial charge in [-0.3, -0.25) is 0 Å². The van der Waals surface area contributed by atoms with Gasteiger partial charge >= 0.3 is 0 Å². The Morgan fingerprint density at radius 3 is 1.94 bits per heavy atom. The molecule has 0 unspecified atom stereocenters. The predicted molar refractivity (Wildman–Crippen MR) is 73.4 cm³/mol. The number of unbranched alkanes of at least 4 members (excludes halogenated alkanes) is 4. The van der Waals surface area contributed by atoms with Gasteiger partial charge < -0.3 is 11.5 Å². The van der Waals surface area contributed by atoms with E-state index in [0.29, 0.717) is 6.04 Å². The molecular weight excluding hydrogens is 196 g/mol. The average molecular weight is 228 g/mol. The molecule has 0 spiro atoms. The second kappa shape index (κ2) is 11.4. The van der Waals surface area contributed by atoms with E-state index in [4.69, 9.17) is 11.5 Å². The van der Waals surface area contributed by atoms with Gasteiger partial charge in [-0.2, -0.15) is 0 Å². The molecule has 1 saturated carbocycles. The van der Waals surface area contributed by atoms with Gasteiger partial charge in [0.1, 0.15) is 0 Å². The summed E-state index contributed by atoms with van der Waals surface area (Å²) in [5.41, 5.74) is 11.0. The molecule has 0 bridgehead atoms. The molecule has 1 rings (SSSR count). The second-order valence-corrected chi connectivity index (χ2v) is 5.22. The lowest BCUT2D eigenvalue weighted by molar-refractivity contribution is 0.348. The zero-order chi connectivity index (χ0) is 12.2. The Balaban J connectivity index is 0.000000281. The van der Waals surface area contributed by atoms with Crippen LogP contribution < -0.4 is 11.5 Å². The fraction of sp³-hybridized carbons (Fsp3) is 1.00. The quantitative estimate of drug-likeness (QED) is 0.708. The molecular formula is C14H32N2. The molecule has 0 heterocycles. The van der Waals surface area contributed by atoms with Gasteiger partial charge in [-0.15, -0.1) is 0 Å². The largest absolute Gasteiger partial charge is 0.330 e. The molecule has 0 aromatic heterocycles. The molecule has 98 valence electrons. The molecule has 1 aliphatic rings. The monoisotopic (exact) mass is 228 g/mol. The highest BCUT2D eigenvalue weighted by atomic mass is 14.6. The normalized spacial score (nSPS) is 24.8. The highest BCUT2D eigenvalue weighted by Gasteiger charge is 2.13. The van der Waals surface area contributed by atoms with Crippen LogP contribution in [0, 0.1) is 5.92 Å². The summed E-state index contributed by atoms with van der Waals surface area (Å²) in [6.45, 7) is 5.40. The van der Waals surface area contributed by atoms with Crippen molar-refractivity contribution in [1.82, 2.24) is 0 Å². The Morgan fingerprint density at radius 1 is 0.938 bits per heavy atom. The third kappa shape index (κ3) is 10.4. The van der Waals surface area contributed by atoms with E-state index in [1.165, 1.54) is 57.8 Å². The van der Waals surface area contributed by atoms with E-state index in [2.05, 4.69) is 13.8 Å². The molecule has 2 nitrogen and oxygen atoms in total. The van der Waals surface area contributed by atoms with E-state index in [9.17, 15) is 0 Å². The van der Waals surface area contributed by atoms with Crippen molar-refractivity contribution < 1.29 is 0 Å². The lowest BCUT2D eigenvalue weighted by Gasteiger charge is -2.22. The molecule has 2 heteroatoms. The zero-order valence-electron chi connectivity index (χ0n) is 11.4. The Labute approximate surface area is 102 Å². The maximum atomic E-state index is 5.70. The number of rotatable bonds is 5. The second-order valence-electron chi connectivity index (χ2n) is 5.22. The van der Waals surface area contributed by atoms with Crippen molar-refractivity contribution in [2.45, 2.75) is 77.7 Å². The molecule has 0 atom stereocenters. The molecule has 0 aromatic carbocycles. The number of hydrogen-bond donors (Lipinski definition) is 2. The topological polar surface area (TPSA) is 52.0 Å². The zero-order valence-corrected chi connectivity index (χ0v) is 11.4. The molecule has 16 heavy (non-hydrogen) atoms. The van der Waals surface area contributed by atoms with Gasteiger partial charge in [0, 0.05) is 6.04 Å². The van der Waals surface area contributed by atoms with Crippen molar-refractivity contribution in [3.8, 4) is 0 Å². The van der Waals surface area contributed by atoms with E-state index >= 15 is 0 Å². The summed E-state index contributed by atoms with van der Waals surface area (Å²) in [6, 6.07) is 0.520. The van der Waals surface area contributed by atoms with Crippen LogP contribution in [0.1, 0.15) is 71.6 Å². The number of hydrogen-bond acceptors (Lipinski definition) is 2. The van der Waals surface area contributed by atoms with E-state index in [1.807, 2.05) is 0 Å². The van der Waals surface area contributed by atoms with Crippen LogP contribution in [0.15, 0.2) is 0 Å². The lowest BCUT2D eigenvalue weighted by Crippen LogP contribution is -2.25. The molecule has 1 fully saturated rings. The SMILES string of the molecule is CC1CCC(N)CC1.CCCCCCCN. The molecule has 0 aromatic rings. The van der Waals surface area contributed by atoms with Crippen LogP contribution in [0.2, 0.25) is 0 Å². The van der Waals surface area contributed by atoms with E-state index in [-0.39, 0.29) is 0 Å². The molecule has 0 amide bonds. The van der Waals surface area contributed by atoms with E-state index in [1.54, 1.807) is 0 Å². The minimum Gasteiger partial charge on any atom is -0.330 e. The number of nitrogens with two attached hydrogens (primary N) is 2. The summed E-state index contributed by atoms with van der Waals surface area (Å²) >= 11 is 0. The molecule has 1 aliphatic carbocycles. The Hall–Kier alpha value is -0.0800. The standard InChI is InChI=1S/C7H15N.C7H17N/c1-6-2-4-7(8)5-3-6;1-2-3-4-5-6-7-8/h6-7H,2-5,8H2,1H3;2-8H2,1H3. The van der Waals surface area contributed by atoms with Crippen molar-refractivity contribution >= 4 is 0 Å². The summed E-state index contributed by atoms with van der Waals surface area (Å²) in [5.74, 6) is 0.940. The first-order valence-electron chi connectivity index (χ1n) is 7.16. The Morgan fingerprint density at radius 2 is 1.50 bits per heavy atom. The average Bonchev–Trinajstić information content (AvgIpc) is 2.30. The van der Waals surface area contributed by atoms with Crippen LogP contribution in [0.5, 0.6) is 0 Å². The van der Waals surface area contributed by atoms with Crippen molar-refractivity contribution in [2.24, 2.45) is 17.4 Å². The van der Waals surface area contributed by atoms with Crippen molar-refractivity contribution in [2.75, 3.05) is 6.54 Å². The first-order chi connectivity index (χ1) is 7.70. The summed E-state index contributed by atoms with van der Waals surface area (Å²) < 4.78 is 0. The molecule has 0 radical (unpaired) electrons. The first-order valence-corrected chi connectivity index (χ1v) is 7.16. The van der Waals surface area contributed by atoms with Crippen molar-refractivity contribution in [1.29, 1.82) is 0 Å². The van der Waals surface area contributed by atoms with Crippen LogP contribution in [-0.2, 0) is 0 Å². The summed E-state index contributed by atoms with van der Waals surface area (Å²) in [6.07, 6.45) is 11.8. The fourth-order valence-electron chi connectivity index (χ4n) is 2.03. The summed E-state index contributed by atoms with van der Waals surface area (Å²) in [5, 5.41) is 0. The van der Waals surface area contributed by atoms with Crippen LogP contribution in [0.4, 0.5) is 0 Å². The van der Waals surface area contributed by atoms with Gasteiger partial charge in [-0.05, 0) is 44.6 Å². The fourth-order valence-corrected chi connectivity index (χ4v) is 2.03. The Kier molecular flexibility index (Phi) is 11.3. The summed E-state index contributed by atoms with van der Waals surface area (Å²) in [7, 11) is 0. The van der Waals surface area contributed by atoms with Crippen LogP contribution in [0.25, 0.3) is 0 Å². The van der Waals surface area contributed by atoms with E-state index in [0.717, 1.165) is 12.5 Å². The van der Waals surface area contributed by atoms with Gasteiger partial charge in [0.2, 0.25) is 0 Å². The summed E-state index contributed by atoms with van der Waals surface area (Å²) in [4.78, 5) is 0. The molecule has 0 aliphatic heterocycles. The van der Waals surface area contributed by atoms with Crippen molar-refractivity contribution in [3.05, 3.63) is 0 Å². The van der Waals surface area contributed by atoms with Gasteiger partial charge in [-0.1, -0.05) is 39.5 Å². The Bertz CT molecular complexity index is 113. The van der Waals surface area contributed by atoms with Crippen LogP contribution in [-0.4, -0.2) is 12.6 Å². The minimum absolute atomic E-state index is 0.520. The maximum Gasteiger partial charge on any atom is 0.00390 e. The lowest BCUT2D eigenvalue weighted by atomic mass is 9.88. The van der Waals surface area contributed by atoms with Crippen LogP contribution >= 0.6 is 0 Å². The highest BCUT2D eigenvalue weighted by molar-refractivity contribution is 4.70. The van der Waals surface area contributed by atoms with Gasteiger partial charge in [0.25, 0.3) is 0 Å². The first kappa shape index (κ1) is 15.9.